The molecule has 0 saturated carbocycles. The summed E-state index contributed by atoms with van der Waals surface area (Å²) in [7, 11) is 0. The van der Waals surface area contributed by atoms with Crippen molar-refractivity contribution >= 4 is 6.09 Å². The number of nitrogens with zero attached hydrogens (tertiary/aromatic N) is 1. The number of rotatable bonds is 36. The molecule has 0 bridgehead atoms. The van der Waals surface area contributed by atoms with Crippen LogP contribution in [0.25, 0.3) is 0 Å². The van der Waals surface area contributed by atoms with Crippen molar-refractivity contribution in [1.29, 1.82) is 0 Å². The molecule has 16 nitrogen and oxygen atoms in total. The first-order valence-electron chi connectivity index (χ1n) is 35.9. The summed E-state index contributed by atoms with van der Waals surface area (Å²) in [4.78, 5) is 16.6. The highest BCUT2D eigenvalue weighted by Crippen LogP contribution is 2.39. The first-order chi connectivity index (χ1) is 51.5. The Hall–Kier alpha value is -9.05. The van der Waals surface area contributed by atoms with Crippen molar-refractivity contribution in [3.8, 4) is 0 Å². The number of carbonyl (C=O) groups is 1. The van der Waals surface area contributed by atoms with Crippen LogP contribution in [0.15, 0.2) is 303 Å². The van der Waals surface area contributed by atoms with Crippen LogP contribution in [0.2, 0.25) is 0 Å². The molecule has 3 fully saturated rings. The Balaban J connectivity index is 0.921. The van der Waals surface area contributed by atoms with Crippen molar-refractivity contribution in [2.45, 2.75) is 146 Å². The van der Waals surface area contributed by atoms with Crippen LogP contribution in [0.5, 0.6) is 0 Å². The molecule has 3 saturated heterocycles. The highest BCUT2D eigenvalue weighted by molar-refractivity contribution is 5.69. The zero-order valence-electron chi connectivity index (χ0n) is 58.3. The van der Waals surface area contributed by atoms with Gasteiger partial charge in [-0.1, -0.05) is 303 Å². The van der Waals surface area contributed by atoms with E-state index in [2.05, 4.69) is 0 Å². The van der Waals surface area contributed by atoms with Crippen LogP contribution in [-0.4, -0.2) is 117 Å². The van der Waals surface area contributed by atoms with Gasteiger partial charge in [-0.25, -0.2) is 4.79 Å². The molecule has 0 aromatic heterocycles. The van der Waals surface area contributed by atoms with Crippen molar-refractivity contribution in [2.75, 3.05) is 26.4 Å². The molecule has 1 amide bonds. The molecule has 13 rings (SSSR count). The molecule has 10 aromatic rings. The van der Waals surface area contributed by atoms with E-state index in [0.717, 1.165) is 55.6 Å². The predicted molar refractivity (Wildman–Crippen MR) is 393 cm³/mol. The number of hydrogen-bond acceptors (Lipinski definition) is 15. The van der Waals surface area contributed by atoms with E-state index in [1.54, 1.807) is 4.90 Å². The van der Waals surface area contributed by atoms with E-state index < -0.39 is 85.8 Å². The third kappa shape index (κ3) is 21.3. The smallest absolute Gasteiger partial charge is 0.410 e. The van der Waals surface area contributed by atoms with Crippen LogP contribution in [0.4, 0.5) is 4.79 Å². The highest BCUT2D eigenvalue weighted by Gasteiger charge is 2.57. The number of hydrogen-bond donors (Lipinski definition) is 0. The van der Waals surface area contributed by atoms with E-state index in [4.69, 9.17) is 66.3 Å². The van der Waals surface area contributed by atoms with Gasteiger partial charge >= 0.3 is 6.09 Å². The molecular formula is C88H91NO15. The van der Waals surface area contributed by atoms with Gasteiger partial charge in [0.05, 0.1) is 91.9 Å². The number of likely N-dealkylation sites (tertiary alicyclic amines) is 1. The van der Waals surface area contributed by atoms with Crippen LogP contribution >= 0.6 is 0 Å². The molecule has 0 radical (unpaired) electrons. The molecule has 538 valence electrons. The maximum atomic E-state index is 15.0. The summed E-state index contributed by atoms with van der Waals surface area (Å²) in [6.07, 6.45) is -12.5. The molecule has 16 heteroatoms. The zero-order chi connectivity index (χ0) is 70.6. The van der Waals surface area contributed by atoms with Crippen LogP contribution in [-0.2, 0) is 132 Å². The minimum atomic E-state index is -1.27. The van der Waals surface area contributed by atoms with Crippen molar-refractivity contribution < 1.29 is 71.1 Å². The molecule has 3 aliphatic heterocycles. The molecular weight excluding hydrogens is 1310 g/mol. The Bertz CT molecular complexity index is 4020. The summed E-state index contributed by atoms with van der Waals surface area (Å²) in [6, 6.07) is 98.7. The van der Waals surface area contributed by atoms with Crippen molar-refractivity contribution in [2.24, 2.45) is 0 Å². The fourth-order valence-electron chi connectivity index (χ4n) is 13.2. The molecule has 0 unspecified atom stereocenters. The van der Waals surface area contributed by atoms with Crippen molar-refractivity contribution in [1.82, 2.24) is 4.90 Å². The minimum Gasteiger partial charge on any atom is -0.445 e. The average Bonchev–Trinajstić information content (AvgIpc) is 1.00. The van der Waals surface area contributed by atoms with Gasteiger partial charge in [0.1, 0.15) is 67.6 Å². The van der Waals surface area contributed by atoms with Gasteiger partial charge in [0, 0.05) is 0 Å². The topological polar surface area (TPSA) is 150 Å². The molecule has 3 aliphatic rings. The predicted octanol–water partition coefficient (Wildman–Crippen LogP) is 15.4. The van der Waals surface area contributed by atoms with Gasteiger partial charge < -0.3 is 66.3 Å². The van der Waals surface area contributed by atoms with Crippen molar-refractivity contribution in [3.05, 3.63) is 359 Å². The van der Waals surface area contributed by atoms with E-state index in [-0.39, 0.29) is 85.8 Å². The van der Waals surface area contributed by atoms with Gasteiger partial charge in [-0.05, 0) is 55.6 Å². The fourth-order valence-corrected chi connectivity index (χ4v) is 13.2. The van der Waals surface area contributed by atoms with Gasteiger partial charge in [0.15, 0.2) is 12.6 Å². The lowest BCUT2D eigenvalue weighted by Crippen LogP contribution is -2.67. The third-order valence-electron chi connectivity index (χ3n) is 18.6. The zero-order valence-corrected chi connectivity index (χ0v) is 58.3. The largest absolute Gasteiger partial charge is 0.445 e. The molecule has 0 aliphatic carbocycles. The molecule has 0 N–H and O–H groups in total. The monoisotopic (exact) mass is 1400 g/mol. The molecule has 13 atom stereocenters. The minimum absolute atomic E-state index is 0.0277. The molecule has 10 aromatic carbocycles. The first kappa shape index (κ1) is 73.3. The Kier molecular flexibility index (Phi) is 27.6. The summed E-state index contributed by atoms with van der Waals surface area (Å²) >= 11 is 0. The van der Waals surface area contributed by atoms with Crippen LogP contribution in [0.3, 0.4) is 0 Å². The normalized spacial score (nSPS) is 23.2. The van der Waals surface area contributed by atoms with Crippen LogP contribution < -0.4 is 0 Å². The van der Waals surface area contributed by atoms with E-state index >= 15 is 0 Å². The Labute approximate surface area is 610 Å². The highest BCUT2D eigenvalue weighted by atomic mass is 16.8. The second kappa shape index (κ2) is 39.2. The maximum absolute atomic E-state index is 15.0. The number of amides is 1. The van der Waals surface area contributed by atoms with E-state index in [9.17, 15) is 4.79 Å². The number of benzene rings is 10. The third-order valence-corrected chi connectivity index (χ3v) is 18.6. The van der Waals surface area contributed by atoms with E-state index in [1.165, 1.54) is 0 Å². The van der Waals surface area contributed by atoms with Crippen molar-refractivity contribution in [3.63, 3.8) is 0 Å². The van der Waals surface area contributed by atoms with Gasteiger partial charge in [0.2, 0.25) is 0 Å². The second-order valence-corrected chi connectivity index (χ2v) is 26.2. The van der Waals surface area contributed by atoms with Gasteiger partial charge in [-0.3, -0.25) is 4.90 Å². The fraction of sp³-hybridized carbons (Fsp3) is 0.307. The Morgan fingerprint density at radius 3 is 0.885 bits per heavy atom. The molecule has 3 heterocycles. The summed E-state index contributed by atoms with van der Waals surface area (Å²) in [5.41, 5.74) is 9.24. The maximum Gasteiger partial charge on any atom is 0.410 e. The lowest BCUT2D eigenvalue weighted by Gasteiger charge is -2.50. The Morgan fingerprint density at radius 1 is 0.279 bits per heavy atom. The van der Waals surface area contributed by atoms with Gasteiger partial charge in [-0.15, -0.1) is 0 Å². The molecule has 104 heavy (non-hydrogen) atoms. The van der Waals surface area contributed by atoms with Gasteiger partial charge in [0.25, 0.3) is 0 Å². The molecule has 0 spiro atoms. The SMILES string of the molecule is O=C(OCc1ccccc1)N1C[C@@H](OCc2ccccc2)[C@H](O[C@H]2O[C@H](COCc3ccccc3)[C@@H](O[C@@H]3O[C@H](COCc4ccccc4)[C@@H](OCc4ccccc4)[C@H](OCc4ccccc4)[C@H]3OCc3ccccc3)[C@H](OCc3ccccc3)[C@H]2OCc2ccccc2)[C@H]1COCc1ccccc1. The number of ether oxygens (including phenoxy) is 14. The first-order valence-corrected chi connectivity index (χ1v) is 35.9. The summed E-state index contributed by atoms with van der Waals surface area (Å²) in [5, 5.41) is 0. The van der Waals surface area contributed by atoms with Crippen LogP contribution in [0.1, 0.15) is 55.6 Å². The second-order valence-electron chi connectivity index (χ2n) is 26.2. The average molecular weight is 1400 g/mol. The van der Waals surface area contributed by atoms with E-state index in [1.807, 2.05) is 303 Å². The summed E-state index contributed by atoms with van der Waals surface area (Å²) < 4.78 is 101. The Morgan fingerprint density at radius 2 is 0.538 bits per heavy atom. The summed E-state index contributed by atoms with van der Waals surface area (Å²) in [6.45, 7) is 1.93. The lowest BCUT2D eigenvalue weighted by molar-refractivity contribution is -0.382. The van der Waals surface area contributed by atoms with Gasteiger partial charge in [-0.2, -0.15) is 0 Å². The quantitative estimate of drug-likeness (QED) is 0.0366. The van der Waals surface area contributed by atoms with Crippen LogP contribution in [0, 0.1) is 0 Å². The lowest BCUT2D eigenvalue weighted by atomic mass is 9.95. The standard InChI is InChI=1S/C88H91NO15/c90-88(100-61-74-49-29-10-30-50-74)89-51-76(94-55-68-37-17-4-18-38-68)79(75(89)62-91-52-65-31-11-1-12-32-65)103-86-85(99-60-73-47-27-9-28-48-73)83(97-58-71-43-23-7-24-44-71)81(78(102-86)64-93-54-67-35-15-3-16-36-67)104-87-84(98-59-72-45-25-8-26-46-72)82(96-57-70-41-21-6-22-42-70)80(95-56-69-39-19-5-20-40-69)77(101-87)63-92-53-66-33-13-2-14-34-66/h1-50,75-87H,51-64H2/t75-,76-,77-,78-,79-,80-,81-,82+,83+,84-,85-,86-,87+/m1/s1. The summed E-state index contributed by atoms with van der Waals surface area (Å²) in [5.74, 6) is 0. The number of carbonyl (C=O) groups excluding carboxylic acids is 1. The van der Waals surface area contributed by atoms with E-state index in [0.29, 0.717) is 6.61 Å².